The smallest absolute Gasteiger partial charge is 0.338 e. The number of ether oxygens (including phenoxy) is 3. The van der Waals surface area contributed by atoms with Crippen LogP contribution in [0.5, 0.6) is 11.5 Å². The molecular formula is C21H22N2O5. The van der Waals surface area contributed by atoms with Gasteiger partial charge in [-0.25, -0.2) is 9.59 Å². The summed E-state index contributed by atoms with van der Waals surface area (Å²) in [5.41, 5.74) is 2.12. The molecule has 1 atom stereocenters. The first-order chi connectivity index (χ1) is 13.6. The Balaban J connectivity index is 2.17. The summed E-state index contributed by atoms with van der Waals surface area (Å²) in [6.07, 6.45) is 0. The Morgan fingerprint density at radius 3 is 2.39 bits per heavy atom. The summed E-state index contributed by atoms with van der Waals surface area (Å²) in [5, 5.41) is 5.55. The van der Waals surface area contributed by atoms with Gasteiger partial charge in [-0.05, 0) is 30.2 Å². The van der Waals surface area contributed by atoms with Gasteiger partial charge in [-0.15, -0.1) is 0 Å². The molecule has 0 unspecified atom stereocenters. The molecule has 146 valence electrons. The Hall–Kier alpha value is -3.48. The van der Waals surface area contributed by atoms with Crippen LogP contribution in [-0.4, -0.2) is 32.8 Å². The number of urea groups is 1. The molecule has 2 N–H and O–H groups in total. The average Bonchev–Trinajstić information content (AvgIpc) is 2.73. The van der Waals surface area contributed by atoms with Gasteiger partial charge < -0.3 is 24.8 Å². The summed E-state index contributed by atoms with van der Waals surface area (Å²) in [7, 11) is 3.07. The van der Waals surface area contributed by atoms with Crippen LogP contribution >= 0.6 is 0 Å². The van der Waals surface area contributed by atoms with E-state index in [-0.39, 0.29) is 6.61 Å². The molecule has 0 spiro atoms. The van der Waals surface area contributed by atoms with Gasteiger partial charge in [-0.3, -0.25) is 0 Å². The fourth-order valence-corrected chi connectivity index (χ4v) is 3.11. The van der Waals surface area contributed by atoms with Gasteiger partial charge in [-0.2, -0.15) is 0 Å². The molecule has 7 heteroatoms. The lowest BCUT2D eigenvalue weighted by Crippen LogP contribution is -2.45. The number of carbonyl (C=O) groups excluding carboxylic acids is 2. The summed E-state index contributed by atoms with van der Waals surface area (Å²) >= 11 is 0. The minimum atomic E-state index is -0.706. The lowest BCUT2D eigenvalue weighted by Gasteiger charge is -2.29. The quantitative estimate of drug-likeness (QED) is 0.750. The number of amides is 2. The molecule has 2 amide bonds. The van der Waals surface area contributed by atoms with Gasteiger partial charge in [-0.1, -0.05) is 36.4 Å². The lowest BCUT2D eigenvalue weighted by molar-refractivity contribution is -0.138. The Kier molecular flexibility index (Phi) is 5.84. The van der Waals surface area contributed by atoms with Gasteiger partial charge in [0, 0.05) is 0 Å². The van der Waals surface area contributed by atoms with E-state index in [1.807, 2.05) is 30.3 Å². The van der Waals surface area contributed by atoms with Gasteiger partial charge in [0.25, 0.3) is 0 Å². The Labute approximate surface area is 163 Å². The van der Waals surface area contributed by atoms with Gasteiger partial charge >= 0.3 is 12.0 Å². The van der Waals surface area contributed by atoms with Crippen LogP contribution in [0.4, 0.5) is 4.79 Å². The SMILES string of the molecule is CCOC(=O)C1=C(c2ccccc2)NC(=O)N[C@@H]1c1ccc(OC)c(OC)c1. The zero-order valence-corrected chi connectivity index (χ0v) is 15.9. The van der Waals surface area contributed by atoms with Gasteiger partial charge in [0.2, 0.25) is 0 Å². The van der Waals surface area contributed by atoms with E-state index in [1.54, 1.807) is 32.2 Å². The maximum atomic E-state index is 12.8. The van der Waals surface area contributed by atoms with Gasteiger partial charge in [0.15, 0.2) is 11.5 Å². The first-order valence-corrected chi connectivity index (χ1v) is 8.85. The molecule has 0 bridgehead atoms. The van der Waals surface area contributed by atoms with E-state index >= 15 is 0 Å². The highest BCUT2D eigenvalue weighted by Crippen LogP contribution is 2.36. The molecule has 2 aromatic rings. The highest BCUT2D eigenvalue weighted by molar-refractivity contribution is 6.04. The van der Waals surface area contributed by atoms with Crippen LogP contribution in [0.2, 0.25) is 0 Å². The second-order valence-electron chi connectivity index (χ2n) is 6.02. The molecule has 28 heavy (non-hydrogen) atoms. The maximum absolute atomic E-state index is 12.8. The molecule has 7 nitrogen and oxygen atoms in total. The normalized spacial score (nSPS) is 16.1. The number of methoxy groups -OCH3 is 2. The number of esters is 1. The van der Waals surface area contributed by atoms with Crippen molar-refractivity contribution in [2.45, 2.75) is 13.0 Å². The van der Waals surface area contributed by atoms with E-state index < -0.39 is 18.0 Å². The molecule has 0 aliphatic carbocycles. The second-order valence-corrected chi connectivity index (χ2v) is 6.02. The average molecular weight is 382 g/mol. The highest BCUT2D eigenvalue weighted by Gasteiger charge is 2.34. The summed E-state index contributed by atoms with van der Waals surface area (Å²) in [6, 6.07) is 13.3. The van der Waals surface area contributed by atoms with E-state index in [4.69, 9.17) is 14.2 Å². The maximum Gasteiger partial charge on any atom is 0.338 e. The zero-order valence-electron chi connectivity index (χ0n) is 15.9. The van der Waals surface area contributed by atoms with Gasteiger partial charge in [0.05, 0.1) is 38.1 Å². The summed E-state index contributed by atoms with van der Waals surface area (Å²) in [6.45, 7) is 1.96. The predicted molar refractivity (Wildman–Crippen MR) is 104 cm³/mol. The third-order valence-electron chi connectivity index (χ3n) is 4.37. The highest BCUT2D eigenvalue weighted by atomic mass is 16.5. The minimum Gasteiger partial charge on any atom is -0.493 e. The van der Waals surface area contributed by atoms with Gasteiger partial charge in [0.1, 0.15) is 0 Å². The molecule has 0 saturated heterocycles. The third kappa shape index (κ3) is 3.78. The first-order valence-electron chi connectivity index (χ1n) is 8.85. The molecule has 1 aliphatic rings. The van der Waals surface area contributed by atoms with Crippen molar-refractivity contribution in [3.05, 3.63) is 65.2 Å². The third-order valence-corrected chi connectivity index (χ3v) is 4.37. The molecule has 0 radical (unpaired) electrons. The zero-order chi connectivity index (χ0) is 20.1. The van der Waals surface area contributed by atoms with Crippen molar-refractivity contribution in [2.75, 3.05) is 20.8 Å². The fraction of sp³-hybridized carbons (Fsp3) is 0.238. The Morgan fingerprint density at radius 1 is 1.04 bits per heavy atom. The van der Waals surface area contributed by atoms with E-state index in [0.717, 1.165) is 0 Å². The molecule has 0 aromatic heterocycles. The number of benzene rings is 2. The summed E-state index contributed by atoms with van der Waals surface area (Å²) in [4.78, 5) is 25.2. The van der Waals surface area contributed by atoms with E-state index in [0.29, 0.717) is 33.9 Å². The van der Waals surface area contributed by atoms with Crippen molar-refractivity contribution < 1.29 is 23.8 Å². The van der Waals surface area contributed by atoms with Crippen molar-refractivity contribution in [1.82, 2.24) is 10.6 Å². The summed E-state index contributed by atoms with van der Waals surface area (Å²) in [5.74, 6) is 0.544. The number of carbonyl (C=O) groups is 2. The molecular weight excluding hydrogens is 360 g/mol. The monoisotopic (exact) mass is 382 g/mol. The molecule has 1 aliphatic heterocycles. The number of hydrogen-bond donors (Lipinski definition) is 2. The lowest BCUT2D eigenvalue weighted by atomic mass is 9.92. The van der Waals surface area contributed by atoms with Crippen LogP contribution in [0, 0.1) is 0 Å². The van der Waals surface area contributed by atoms with E-state index in [1.165, 1.54) is 7.11 Å². The van der Waals surface area contributed by atoms with Crippen LogP contribution < -0.4 is 20.1 Å². The van der Waals surface area contributed by atoms with E-state index in [9.17, 15) is 9.59 Å². The van der Waals surface area contributed by atoms with Crippen LogP contribution in [-0.2, 0) is 9.53 Å². The van der Waals surface area contributed by atoms with Crippen LogP contribution in [0.15, 0.2) is 54.1 Å². The molecule has 3 rings (SSSR count). The Morgan fingerprint density at radius 2 is 1.75 bits per heavy atom. The number of rotatable bonds is 6. The molecule has 0 fully saturated rings. The van der Waals surface area contributed by atoms with Crippen molar-refractivity contribution >= 4 is 17.7 Å². The number of hydrogen-bond acceptors (Lipinski definition) is 5. The standard InChI is InChI=1S/C21H22N2O5/c1-4-28-20(24)17-18(13-8-6-5-7-9-13)22-21(25)23-19(17)14-10-11-15(26-2)16(12-14)27-3/h5-12,19H,4H2,1-3H3,(H2,22,23,25)/t19-/m1/s1. The largest absolute Gasteiger partial charge is 0.493 e. The van der Waals surface area contributed by atoms with Crippen molar-refractivity contribution in [3.8, 4) is 11.5 Å². The minimum absolute atomic E-state index is 0.219. The van der Waals surface area contributed by atoms with E-state index in [2.05, 4.69) is 10.6 Å². The molecule has 1 heterocycles. The first kappa shape index (κ1) is 19.3. The Bertz CT molecular complexity index is 908. The predicted octanol–water partition coefficient (Wildman–Crippen LogP) is 3.03. The van der Waals surface area contributed by atoms with Crippen molar-refractivity contribution in [2.24, 2.45) is 0 Å². The molecule has 0 saturated carbocycles. The van der Waals surface area contributed by atoms with Crippen LogP contribution in [0.1, 0.15) is 24.1 Å². The number of nitrogens with one attached hydrogen (secondary N) is 2. The summed E-state index contributed by atoms with van der Waals surface area (Å²) < 4.78 is 15.9. The fourth-order valence-electron chi connectivity index (χ4n) is 3.11. The topological polar surface area (TPSA) is 85.9 Å². The van der Waals surface area contributed by atoms with Crippen LogP contribution in [0.3, 0.4) is 0 Å². The van der Waals surface area contributed by atoms with Crippen LogP contribution in [0.25, 0.3) is 5.70 Å². The second kappa shape index (κ2) is 8.47. The molecule has 2 aromatic carbocycles. The van der Waals surface area contributed by atoms with Crippen molar-refractivity contribution in [3.63, 3.8) is 0 Å². The van der Waals surface area contributed by atoms with Crippen molar-refractivity contribution in [1.29, 1.82) is 0 Å².